The summed E-state index contributed by atoms with van der Waals surface area (Å²) in [6, 6.07) is 3.60. The normalized spacial score (nSPS) is 19.7. The molecule has 6 nitrogen and oxygen atoms in total. The number of hydrogen-bond donors (Lipinski definition) is 1. The van der Waals surface area contributed by atoms with Crippen molar-refractivity contribution in [2.45, 2.75) is 26.2 Å². The molecule has 23 heavy (non-hydrogen) atoms. The van der Waals surface area contributed by atoms with E-state index in [0.717, 1.165) is 12.0 Å². The number of rotatable bonds is 6. The van der Waals surface area contributed by atoms with Crippen LogP contribution in [0.3, 0.4) is 0 Å². The summed E-state index contributed by atoms with van der Waals surface area (Å²) in [6.07, 6.45) is 6.32. The Balaban J connectivity index is 1.52. The average Bonchev–Trinajstić information content (AvgIpc) is 3.21. The first-order valence-corrected chi connectivity index (χ1v) is 7.91. The molecule has 0 aliphatic heterocycles. The van der Waals surface area contributed by atoms with Gasteiger partial charge in [0.05, 0.1) is 24.7 Å². The van der Waals surface area contributed by atoms with E-state index < -0.39 is 0 Å². The largest absolute Gasteiger partial charge is 0.477 e. The van der Waals surface area contributed by atoms with Crippen LogP contribution in [0.5, 0.6) is 5.88 Å². The van der Waals surface area contributed by atoms with E-state index >= 15 is 0 Å². The van der Waals surface area contributed by atoms with Gasteiger partial charge in [0.2, 0.25) is 11.8 Å². The summed E-state index contributed by atoms with van der Waals surface area (Å²) in [4.78, 5) is 16.5. The summed E-state index contributed by atoms with van der Waals surface area (Å²) in [6.45, 7) is 4.80. The third-order valence-corrected chi connectivity index (χ3v) is 3.85. The van der Waals surface area contributed by atoms with Crippen LogP contribution in [0.25, 0.3) is 0 Å². The van der Waals surface area contributed by atoms with E-state index in [9.17, 15) is 4.79 Å². The minimum absolute atomic E-state index is 0.0241. The fraction of sp³-hybridized carbons (Fsp3) is 0.471. The van der Waals surface area contributed by atoms with E-state index in [-0.39, 0.29) is 17.7 Å². The minimum Gasteiger partial charge on any atom is -0.477 e. The number of amides is 1. The Kier molecular flexibility index (Phi) is 4.32. The van der Waals surface area contributed by atoms with Crippen LogP contribution < -0.4 is 10.1 Å². The van der Waals surface area contributed by atoms with E-state index in [1.807, 2.05) is 25.5 Å². The van der Waals surface area contributed by atoms with Crippen LogP contribution in [0, 0.1) is 11.8 Å². The van der Waals surface area contributed by atoms with Crippen molar-refractivity contribution in [1.29, 1.82) is 0 Å². The Morgan fingerprint density at radius 1 is 1.43 bits per heavy atom. The van der Waals surface area contributed by atoms with Gasteiger partial charge in [0, 0.05) is 25.2 Å². The number of nitrogens with one attached hydrogen (secondary N) is 1. The molecule has 3 rings (SSSR count). The lowest BCUT2D eigenvalue weighted by atomic mass is 10.2. The molecule has 122 valence electrons. The second-order valence-corrected chi connectivity index (χ2v) is 6.48. The maximum Gasteiger partial charge on any atom is 0.228 e. The number of pyridine rings is 1. The maximum absolute atomic E-state index is 12.3. The van der Waals surface area contributed by atoms with Gasteiger partial charge in [-0.3, -0.25) is 9.48 Å². The van der Waals surface area contributed by atoms with Crippen LogP contribution in [0.1, 0.15) is 31.7 Å². The van der Waals surface area contributed by atoms with Crippen molar-refractivity contribution in [3.63, 3.8) is 0 Å². The van der Waals surface area contributed by atoms with Crippen LogP contribution in [0.4, 0.5) is 5.69 Å². The lowest BCUT2D eigenvalue weighted by molar-refractivity contribution is -0.117. The Bertz CT molecular complexity index is 678. The van der Waals surface area contributed by atoms with Gasteiger partial charge in [-0.2, -0.15) is 5.10 Å². The highest BCUT2D eigenvalue weighted by molar-refractivity contribution is 5.95. The molecule has 2 heterocycles. The van der Waals surface area contributed by atoms with Gasteiger partial charge in [0.25, 0.3) is 0 Å². The Morgan fingerprint density at radius 3 is 2.87 bits per heavy atom. The molecule has 1 saturated carbocycles. The first-order chi connectivity index (χ1) is 11.0. The number of anilines is 1. The van der Waals surface area contributed by atoms with Gasteiger partial charge in [0.15, 0.2) is 0 Å². The molecule has 0 aromatic carbocycles. The number of ether oxygens (including phenoxy) is 1. The highest BCUT2D eigenvalue weighted by Gasteiger charge is 2.44. The number of nitrogens with zero attached hydrogens (tertiary/aromatic N) is 3. The van der Waals surface area contributed by atoms with Crippen molar-refractivity contribution in [3.05, 3.63) is 36.3 Å². The zero-order valence-electron chi connectivity index (χ0n) is 13.7. The second-order valence-electron chi connectivity index (χ2n) is 6.48. The third kappa shape index (κ3) is 3.88. The molecular formula is C17H22N4O2. The summed E-state index contributed by atoms with van der Waals surface area (Å²) in [7, 11) is 1.88. The molecule has 1 aliphatic rings. The van der Waals surface area contributed by atoms with Crippen LogP contribution in [0.15, 0.2) is 30.7 Å². The highest BCUT2D eigenvalue weighted by Crippen LogP contribution is 2.47. The molecule has 2 atom stereocenters. The van der Waals surface area contributed by atoms with Crippen molar-refractivity contribution >= 4 is 11.6 Å². The van der Waals surface area contributed by atoms with Crippen molar-refractivity contribution in [3.8, 4) is 5.88 Å². The molecular weight excluding hydrogens is 292 g/mol. The summed E-state index contributed by atoms with van der Waals surface area (Å²) in [5, 5.41) is 7.07. The Labute approximate surface area is 135 Å². The van der Waals surface area contributed by atoms with E-state index in [4.69, 9.17) is 4.74 Å². The Morgan fingerprint density at radius 2 is 2.26 bits per heavy atom. The van der Waals surface area contributed by atoms with Crippen LogP contribution in [-0.4, -0.2) is 27.3 Å². The predicted octanol–water partition coefficient (Wildman–Crippen LogP) is 2.59. The monoisotopic (exact) mass is 314 g/mol. The van der Waals surface area contributed by atoms with Crippen LogP contribution in [0.2, 0.25) is 0 Å². The SMILES string of the molecule is CC(C)COc1ccc(NC(=O)C2CC2c2cnn(C)c2)cn1. The van der Waals surface area contributed by atoms with Crippen molar-refractivity contribution < 1.29 is 9.53 Å². The number of hydrogen-bond acceptors (Lipinski definition) is 4. The number of carbonyl (C=O) groups is 1. The van der Waals surface area contributed by atoms with Gasteiger partial charge in [-0.25, -0.2) is 4.98 Å². The van der Waals surface area contributed by atoms with Crippen molar-refractivity contribution in [2.75, 3.05) is 11.9 Å². The van der Waals surface area contributed by atoms with Crippen LogP contribution >= 0.6 is 0 Å². The maximum atomic E-state index is 12.3. The lowest BCUT2D eigenvalue weighted by Gasteiger charge is -2.08. The fourth-order valence-corrected chi connectivity index (χ4v) is 2.51. The van der Waals surface area contributed by atoms with Gasteiger partial charge >= 0.3 is 0 Å². The van der Waals surface area contributed by atoms with E-state index in [0.29, 0.717) is 24.1 Å². The molecule has 0 saturated heterocycles. The van der Waals surface area contributed by atoms with Crippen molar-refractivity contribution in [2.24, 2.45) is 18.9 Å². The molecule has 1 amide bonds. The second kappa shape index (κ2) is 6.40. The fourth-order valence-electron chi connectivity index (χ4n) is 2.51. The number of aromatic nitrogens is 3. The lowest BCUT2D eigenvalue weighted by Crippen LogP contribution is -2.14. The molecule has 6 heteroatoms. The molecule has 2 unspecified atom stereocenters. The molecule has 1 aliphatic carbocycles. The molecule has 2 aromatic heterocycles. The third-order valence-electron chi connectivity index (χ3n) is 3.85. The first-order valence-electron chi connectivity index (χ1n) is 7.91. The summed E-state index contributed by atoms with van der Waals surface area (Å²) >= 11 is 0. The average molecular weight is 314 g/mol. The summed E-state index contributed by atoms with van der Waals surface area (Å²) < 4.78 is 7.30. The van der Waals surface area contributed by atoms with Gasteiger partial charge in [-0.1, -0.05) is 13.8 Å². The highest BCUT2D eigenvalue weighted by atomic mass is 16.5. The van der Waals surface area contributed by atoms with Gasteiger partial charge in [0.1, 0.15) is 0 Å². The zero-order valence-corrected chi connectivity index (χ0v) is 13.7. The quantitative estimate of drug-likeness (QED) is 0.890. The predicted molar refractivity (Wildman–Crippen MR) is 87.3 cm³/mol. The molecule has 1 fully saturated rings. The topological polar surface area (TPSA) is 69.0 Å². The van der Waals surface area contributed by atoms with Gasteiger partial charge in [-0.15, -0.1) is 0 Å². The summed E-state index contributed by atoms with van der Waals surface area (Å²) in [5.74, 6) is 1.38. The smallest absolute Gasteiger partial charge is 0.228 e. The number of carbonyl (C=O) groups excluding carboxylic acids is 1. The van der Waals surface area contributed by atoms with Gasteiger partial charge < -0.3 is 10.1 Å². The number of aryl methyl sites for hydroxylation is 1. The van der Waals surface area contributed by atoms with Crippen LogP contribution in [-0.2, 0) is 11.8 Å². The summed E-state index contributed by atoms with van der Waals surface area (Å²) in [5.41, 5.74) is 1.83. The molecule has 1 N–H and O–H groups in total. The zero-order chi connectivity index (χ0) is 16.4. The van der Waals surface area contributed by atoms with E-state index in [2.05, 4.69) is 29.2 Å². The van der Waals surface area contributed by atoms with Crippen molar-refractivity contribution in [1.82, 2.24) is 14.8 Å². The Hall–Kier alpha value is -2.37. The standard InChI is InChI=1S/C17H22N4O2/c1-11(2)10-23-16-5-4-13(8-18-16)20-17(22)15-6-14(15)12-7-19-21(3)9-12/h4-5,7-9,11,14-15H,6,10H2,1-3H3,(H,20,22). The minimum atomic E-state index is 0.0241. The van der Waals surface area contributed by atoms with Gasteiger partial charge in [-0.05, 0) is 29.9 Å². The molecule has 0 spiro atoms. The molecule has 0 bridgehead atoms. The molecule has 2 aromatic rings. The molecule has 0 radical (unpaired) electrons. The van der Waals surface area contributed by atoms with E-state index in [1.165, 1.54) is 0 Å². The first kappa shape index (κ1) is 15.5. The van der Waals surface area contributed by atoms with E-state index in [1.54, 1.807) is 16.9 Å².